The van der Waals surface area contributed by atoms with Crippen LogP contribution >= 0.6 is 27.3 Å². The second-order valence-corrected chi connectivity index (χ2v) is 6.99. The molecule has 0 spiro atoms. The molecule has 2 aromatic rings. The number of hydrogen-bond acceptors (Lipinski definition) is 3. The Labute approximate surface area is 115 Å². The number of halogens is 1. The first-order valence-electron chi connectivity index (χ1n) is 5.12. The number of rotatable bonds is 4. The zero-order valence-electron chi connectivity index (χ0n) is 9.06. The van der Waals surface area contributed by atoms with Crippen molar-refractivity contribution in [2.24, 2.45) is 0 Å². The van der Waals surface area contributed by atoms with E-state index in [2.05, 4.69) is 22.0 Å². The van der Waals surface area contributed by atoms with E-state index >= 15 is 0 Å². The third-order valence-electron chi connectivity index (χ3n) is 2.32. The first-order valence-corrected chi connectivity index (χ1v) is 8.12. The van der Waals surface area contributed by atoms with Crippen molar-refractivity contribution in [3.63, 3.8) is 0 Å². The molecule has 17 heavy (non-hydrogen) atoms. The molecular weight excluding hydrogens is 318 g/mol. The molecule has 0 fully saturated rings. The summed E-state index contributed by atoms with van der Waals surface area (Å²) >= 11 is 5.10. The molecular formula is C12H12BrNOS2. The van der Waals surface area contributed by atoms with Crippen LogP contribution in [0.1, 0.15) is 4.88 Å². The van der Waals surface area contributed by atoms with E-state index in [1.54, 1.807) is 23.5 Å². The van der Waals surface area contributed by atoms with Crippen molar-refractivity contribution in [3.05, 3.63) is 45.1 Å². The molecule has 1 heterocycles. The Hall–Kier alpha value is -0.650. The normalized spacial score (nSPS) is 12.5. The van der Waals surface area contributed by atoms with Gasteiger partial charge in [0.25, 0.3) is 0 Å². The minimum atomic E-state index is -0.984. The summed E-state index contributed by atoms with van der Waals surface area (Å²) < 4.78 is 12.9. The van der Waals surface area contributed by atoms with E-state index in [1.165, 1.54) is 4.88 Å². The average Bonchev–Trinajstić information content (AvgIpc) is 2.78. The van der Waals surface area contributed by atoms with Crippen molar-refractivity contribution in [3.8, 4) is 0 Å². The molecule has 0 radical (unpaired) electrons. The van der Waals surface area contributed by atoms with Crippen molar-refractivity contribution in [2.45, 2.75) is 11.3 Å². The standard InChI is InChI=1S/C12H12BrNOS2/c13-11-8-9(14)3-4-12(11)17(15)7-5-10-2-1-6-16-10/h1-4,6,8H,5,7,14H2. The summed E-state index contributed by atoms with van der Waals surface area (Å²) in [4.78, 5) is 2.08. The van der Waals surface area contributed by atoms with Gasteiger partial charge in [0.05, 0.1) is 15.7 Å². The largest absolute Gasteiger partial charge is 0.399 e. The zero-order valence-corrected chi connectivity index (χ0v) is 12.3. The summed E-state index contributed by atoms with van der Waals surface area (Å²) in [6.07, 6.45) is 0.848. The van der Waals surface area contributed by atoms with E-state index in [0.29, 0.717) is 11.4 Å². The lowest BCUT2D eigenvalue weighted by Gasteiger charge is -2.05. The van der Waals surface area contributed by atoms with Crippen molar-refractivity contribution in [1.29, 1.82) is 0 Å². The summed E-state index contributed by atoms with van der Waals surface area (Å²) in [5, 5.41) is 2.04. The van der Waals surface area contributed by atoms with E-state index in [-0.39, 0.29) is 0 Å². The predicted molar refractivity (Wildman–Crippen MR) is 77.9 cm³/mol. The summed E-state index contributed by atoms with van der Waals surface area (Å²) in [6, 6.07) is 9.48. The fourth-order valence-corrected chi connectivity index (χ4v) is 4.36. The van der Waals surface area contributed by atoms with Crippen LogP contribution in [0.2, 0.25) is 0 Å². The van der Waals surface area contributed by atoms with Gasteiger partial charge in [-0.2, -0.15) is 0 Å². The molecule has 1 aromatic heterocycles. The minimum Gasteiger partial charge on any atom is -0.399 e. The molecule has 0 bridgehead atoms. The van der Waals surface area contributed by atoms with Crippen LogP contribution in [0, 0.1) is 0 Å². The van der Waals surface area contributed by atoms with Gasteiger partial charge in [0.2, 0.25) is 0 Å². The van der Waals surface area contributed by atoms with Crippen LogP contribution in [-0.2, 0) is 17.2 Å². The molecule has 0 saturated heterocycles. The minimum absolute atomic E-state index is 0.642. The number of nitrogens with two attached hydrogens (primary N) is 1. The first kappa shape index (κ1) is 12.8. The highest BCUT2D eigenvalue weighted by atomic mass is 79.9. The second-order valence-electron chi connectivity index (χ2n) is 3.57. The summed E-state index contributed by atoms with van der Waals surface area (Å²) in [7, 11) is -0.984. The van der Waals surface area contributed by atoms with E-state index in [1.807, 2.05) is 17.5 Å². The Morgan fingerprint density at radius 2 is 2.18 bits per heavy atom. The fourth-order valence-electron chi connectivity index (χ4n) is 1.46. The highest BCUT2D eigenvalue weighted by Crippen LogP contribution is 2.23. The van der Waals surface area contributed by atoms with Crippen molar-refractivity contribution < 1.29 is 4.21 Å². The Balaban J connectivity index is 2.04. The topological polar surface area (TPSA) is 43.1 Å². The number of nitrogen functional groups attached to an aromatic ring is 1. The van der Waals surface area contributed by atoms with Crippen molar-refractivity contribution >= 4 is 43.8 Å². The van der Waals surface area contributed by atoms with Gasteiger partial charge < -0.3 is 5.73 Å². The van der Waals surface area contributed by atoms with Crippen LogP contribution < -0.4 is 5.73 Å². The summed E-state index contributed by atoms with van der Waals surface area (Å²) in [5.74, 6) is 0.642. The van der Waals surface area contributed by atoms with E-state index in [0.717, 1.165) is 15.8 Å². The van der Waals surface area contributed by atoms with Crippen LogP contribution in [0.4, 0.5) is 5.69 Å². The fraction of sp³-hybridized carbons (Fsp3) is 0.167. The number of thiophene rings is 1. The monoisotopic (exact) mass is 329 g/mol. The Kier molecular flexibility index (Phi) is 4.36. The Morgan fingerprint density at radius 3 is 2.82 bits per heavy atom. The summed E-state index contributed by atoms with van der Waals surface area (Å²) in [5.41, 5.74) is 6.33. The maximum absolute atomic E-state index is 12.1. The van der Waals surface area contributed by atoms with E-state index < -0.39 is 10.8 Å². The lowest BCUT2D eigenvalue weighted by atomic mass is 10.3. The molecule has 0 aliphatic heterocycles. The van der Waals surface area contributed by atoms with Crippen LogP contribution in [0.3, 0.4) is 0 Å². The van der Waals surface area contributed by atoms with Gasteiger partial charge in [0, 0.05) is 20.8 Å². The highest BCUT2D eigenvalue weighted by molar-refractivity contribution is 9.10. The maximum atomic E-state index is 12.1. The molecule has 0 saturated carbocycles. The predicted octanol–water partition coefficient (Wildman–Crippen LogP) is 3.44. The average molecular weight is 330 g/mol. The molecule has 5 heteroatoms. The molecule has 1 unspecified atom stereocenters. The van der Waals surface area contributed by atoms with Gasteiger partial charge in [-0.3, -0.25) is 4.21 Å². The number of hydrogen-bond donors (Lipinski definition) is 1. The molecule has 90 valence electrons. The lowest BCUT2D eigenvalue weighted by molar-refractivity contribution is 0.682. The summed E-state index contributed by atoms with van der Waals surface area (Å²) in [6.45, 7) is 0. The molecule has 2 rings (SSSR count). The highest BCUT2D eigenvalue weighted by Gasteiger charge is 2.09. The molecule has 2 N–H and O–H groups in total. The number of benzene rings is 1. The Bertz CT molecular complexity index is 525. The van der Waals surface area contributed by atoms with Gasteiger partial charge in [0.1, 0.15) is 0 Å². The van der Waals surface area contributed by atoms with Gasteiger partial charge in [-0.05, 0) is 52.0 Å². The molecule has 0 amide bonds. The van der Waals surface area contributed by atoms with E-state index in [4.69, 9.17) is 5.73 Å². The first-order chi connectivity index (χ1) is 8.16. The van der Waals surface area contributed by atoms with Crippen LogP contribution in [0.5, 0.6) is 0 Å². The van der Waals surface area contributed by atoms with Crippen molar-refractivity contribution in [1.82, 2.24) is 0 Å². The van der Waals surface area contributed by atoms with Crippen LogP contribution in [0.25, 0.3) is 0 Å². The lowest BCUT2D eigenvalue weighted by Crippen LogP contribution is -2.02. The van der Waals surface area contributed by atoms with Gasteiger partial charge in [-0.1, -0.05) is 6.07 Å². The van der Waals surface area contributed by atoms with Crippen molar-refractivity contribution in [2.75, 3.05) is 11.5 Å². The molecule has 1 aromatic carbocycles. The molecule has 2 nitrogen and oxygen atoms in total. The number of aryl methyl sites for hydroxylation is 1. The molecule has 0 aliphatic carbocycles. The van der Waals surface area contributed by atoms with Crippen LogP contribution in [-0.4, -0.2) is 9.96 Å². The molecule has 0 aliphatic rings. The quantitative estimate of drug-likeness (QED) is 0.873. The van der Waals surface area contributed by atoms with Gasteiger partial charge in [0.15, 0.2) is 0 Å². The van der Waals surface area contributed by atoms with E-state index in [9.17, 15) is 4.21 Å². The van der Waals surface area contributed by atoms with Crippen LogP contribution in [0.15, 0.2) is 45.1 Å². The third-order valence-corrected chi connectivity index (χ3v) is 5.59. The smallest absolute Gasteiger partial charge is 0.0544 e. The second kappa shape index (κ2) is 5.80. The Morgan fingerprint density at radius 1 is 1.35 bits per heavy atom. The zero-order chi connectivity index (χ0) is 12.3. The SMILES string of the molecule is Nc1ccc(S(=O)CCc2cccs2)c(Br)c1. The third kappa shape index (κ3) is 3.40. The van der Waals surface area contributed by atoms with Gasteiger partial charge in [-0.15, -0.1) is 11.3 Å². The molecule has 1 atom stereocenters. The maximum Gasteiger partial charge on any atom is 0.0544 e. The van der Waals surface area contributed by atoms with Gasteiger partial charge >= 0.3 is 0 Å². The number of anilines is 1. The van der Waals surface area contributed by atoms with Gasteiger partial charge in [-0.25, -0.2) is 0 Å².